The molecule has 2 saturated heterocycles. The van der Waals surface area contributed by atoms with Crippen molar-refractivity contribution in [2.45, 2.75) is 26.7 Å². The Morgan fingerprint density at radius 1 is 1.45 bits per heavy atom. The lowest BCUT2D eigenvalue weighted by molar-refractivity contribution is 0.492. The predicted octanol–water partition coefficient (Wildman–Crippen LogP) is 2.12. The lowest BCUT2D eigenvalue weighted by Crippen LogP contribution is -2.38. The highest BCUT2D eigenvalue weighted by atomic mass is 32.2. The molecule has 2 aliphatic rings. The van der Waals surface area contributed by atoms with Crippen molar-refractivity contribution in [2.24, 2.45) is 5.92 Å². The number of amidine groups is 1. The van der Waals surface area contributed by atoms with Crippen molar-refractivity contribution < 1.29 is 0 Å². The number of nitrogens with zero attached hydrogens (tertiary/aromatic N) is 2. The van der Waals surface area contributed by atoms with Crippen molar-refractivity contribution in [3.05, 3.63) is 29.8 Å². The molecule has 1 aromatic rings. The maximum absolute atomic E-state index is 4.86. The van der Waals surface area contributed by atoms with Gasteiger partial charge in [0.15, 0.2) is 0 Å². The predicted molar refractivity (Wildman–Crippen MR) is 97.4 cm³/mol. The van der Waals surface area contributed by atoms with Crippen LogP contribution < -0.4 is 15.3 Å². The van der Waals surface area contributed by atoms with E-state index in [2.05, 4.69) is 53.6 Å². The van der Waals surface area contributed by atoms with Crippen LogP contribution in [0.5, 0.6) is 0 Å². The molecule has 2 aliphatic heterocycles. The lowest BCUT2D eigenvalue weighted by Gasteiger charge is -2.14. The summed E-state index contributed by atoms with van der Waals surface area (Å²) in [5, 5.41) is 7.99. The molecule has 118 valence electrons. The first-order valence-corrected chi connectivity index (χ1v) is 9.17. The summed E-state index contributed by atoms with van der Waals surface area (Å²) in [4.78, 5) is 2.38. The molecule has 0 bridgehead atoms. The van der Waals surface area contributed by atoms with Gasteiger partial charge < -0.3 is 5.32 Å². The maximum atomic E-state index is 4.86. The van der Waals surface area contributed by atoms with Crippen molar-refractivity contribution in [3.63, 3.8) is 0 Å². The van der Waals surface area contributed by atoms with Gasteiger partial charge in [-0.3, -0.25) is 10.2 Å². The Labute approximate surface area is 137 Å². The van der Waals surface area contributed by atoms with Gasteiger partial charge in [0.2, 0.25) is 0 Å². The molecule has 0 aliphatic carbocycles. The zero-order valence-electron chi connectivity index (χ0n) is 13.4. The van der Waals surface area contributed by atoms with Gasteiger partial charge in [-0.05, 0) is 42.2 Å². The number of rotatable bonds is 2. The largest absolute Gasteiger partial charge is 0.402 e. The van der Waals surface area contributed by atoms with Crippen LogP contribution in [0, 0.1) is 5.92 Å². The van der Waals surface area contributed by atoms with E-state index in [1.54, 1.807) is 11.8 Å². The molecular formula is C17H25N4S+. The van der Waals surface area contributed by atoms with Gasteiger partial charge in [-0.2, -0.15) is 0 Å². The second kappa shape index (κ2) is 7.12. The Balaban J connectivity index is 1.90. The summed E-state index contributed by atoms with van der Waals surface area (Å²) in [6.45, 7) is 7.68. The molecule has 1 unspecified atom stereocenters. The number of hydrogen-bond acceptors (Lipinski definition) is 1. The van der Waals surface area contributed by atoms with Crippen molar-refractivity contribution in [1.82, 2.24) is 14.9 Å². The Morgan fingerprint density at radius 2 is 2.32 bits per heavy atom. The number of benzene rings is 1. The number of likely N-dealkylation sites (tertiary alicyclic amines) is 1. The van der Waals surface area contributed by atoms with E-state index in [9.17, 15) is 0 Å². The molecule has 1 atom stereocenters. The minimum absolute atomic E-state index is 0.739. The smallest absolute Gasteiger partial charge is 0.302 e. The summed E-state index contributed by atoms with van der Waals surface area (Å²) in [5.41, 5.74) is 2.51. The number of hydrogen-bond donors (Lipinski definition) is 2. The molecule has 2 N–H and O–H groups in total. The third-order valence-electron chi connectivity index (χ3n) is 4.19. The average Bonchev–Trinajstić information content (AvgIpc) is 3.18. The summed E-state index contributed by atoms with van der Waals surface area (Å²) in [5.74, 6) is 2.83. The molecule has 0 spiro atoms. The van der Waals surface area contributed by atoms with E-state index >= 15 is 0 Å². The topological polar surface area (TPSA) is 41.4 Å². The number of aryl methyl sites for hydroxylation is 1. The average molecular weight is 317 g/mol. The molecule has 3 rings (SSSR count). The first-order valence-electron chi connectivity index (χ1n) is 8.18. The second-order valence-electron chi connectivity index (χ2n) is 5.99. The van der Waals surface area contributed by atoms with Gasteiger partial charge in [0.05, 0.1) is 25.3 Å². The fourth-order valence-electron chi connectivity index (χ4n) is 2.90. The van der Waals surface area contributed by atoms with Crippen LogP contribution >= 0.6 is 11.8 Å². The van der Waals surface area contributed by atoms with Gasteiger partial charge in [0, 0.05) is 5.75 Å². The van der Waals surface area contributed by atoms with Gasteiger partial charge >= 0.3 is 11.1 Å². The van der Waals surface area contributed by atoms with Crippen LogP contribution in [0.4, 0.5) is 5.69 Å². The van der Waals surface area contributed by atoms with Crippen LogP contribution in [0.25, 0.3) is 0 Å². The highest BCUT2D eigenvalue weighted by Crippen LogP contribution is 2.19. The molecular weight excluding hydrogens is 292 g/mol. The van der Waals surface area contributed by atoms with Crippen LogP contribution in [0.15, 0.2) is 24.3 Å². The second-order valence-corrected chi connectivity index (χ2v) is 7.07. The van der Waals surface area contributed by atoms with Gasteiger partial charge in [0.1, 0.15) is 0 Å². The summed E-state index contributed by atoms with van der Waals surface area (Å²) >= 11 is 1.80. The summed E-state index contributed by atoms with van der Waals surface area (Å²) in [7, 11) is 0. The molecule has 2 fully saturated rings. The van der Waals surface area contributed by atoms with Crippen LogP contribution in [-0.2, 0) is 6.42 Å². The fraction of sp³-hybridized carbons (Fsp3) is 0.529. The zero-order valence-corrected chi connectivity index (χ0v) is 14.2. The Morgan fingerprint density at radius 3 is 3.00 bits per heavy atom. The number of guanidine groups is 1. The van der Waals surface area contributed by atoms with Crippen LogP contribution in [0.3, 0.4) is 0 Å². The van der Waals surface area contributed by atoms with Gasteiger partial charge in [0.25, 0.3) is 0 Å². The molecule has 1 aromatic carbocycles. The zero-order chi connectivity index (χ0) is 15.4. The van der Waals surface area contributed by atoms with E-state index < -0.39 is 0 Å². The minimum Gasteiger partial charge on any atom is -0.302 e. The van der Waals surface area contributed by atoms with Crippen LogP contribution in [-0.4, -0.2) is 41.4 Å². The standard InChI is InChI=1S/C17H24N4S/c1-3-14-6-4-5-7-15(14)19-16(20-17-18-9-11-22-17)21-10-8-13(2)12-21/h4-7,13H,3,8-12H2,1-2H3,(H,18,19,20)/p+1. The van der Waals surface area contributed by atoms with E-state index in [1.807, 2.05) is 0 Å². The van der Waals surface area contributed by atoms with Gasteiger partial charge in [-0.25, -0.2) is 4.67 Å². The maximum Gasteiger partial charge on any atom is 0.402 e. The fourth-order valence-corrected chi connectivity index (χ4v) is 3.65. The minimum atomic E-state index is 0.739. The molecule has 4 nitrogen and oxygen atoms in total. The Bertz CT molecular complexity index is 584. The van der Waals surface area contributed by atoms with Gasteiger partial charge in [-0.1, -0.05) is 32.0 Å². The number of anilines is 1. The van der Waals surface area contributed by atoms with E-state index in [1.165, 1.54) is 17.7 Å². The molecule has 0 amide bonds. The SMILES string of the molecule is CCc1ccccc1NC(=[N+]=C1NCCS1)N1CCC(C)C1. The number of para-hydroxylation sites is 1. The van der Waals surface area contributed by atoms with Crippen molar-refractivity contribution in [3.8, 4) is 0 Å². The summed E-state index contributed by atoms with van der Waals surface area (Å²) < 4.78 is 4.86. The first kappa shape index (κ1) is 15.3. The summed E-state index contributed by atoms with van der Waals surface area (Å²) in [6, 6.07) is 8.51. The first-order chi connectivity index (χ1) is 10.8. The van der Waals surface area contributed by atoms with E-state index in [4.69, 9.17) is 4.67 Å². The molecule has 5 heteroatoms. The van der Waals surface area contributed by atoms with Crippen LogP contribution in [0.1, 0.15) is 25.8 Å². The third-order valence-corrected chi connectivity index (χ3v) is 5.11. The monoisotopic (exact) mass is 317 g/mol. The van der Waals surface area contributed by atoms with E-state index in [-0.39, 0.29) is 0 Å². The van der Waals surface area contributed by atoms with Crippen LogP contribution in [0.2, 0.25) is 0 Å². The normalized spacial score (nSPS) is 20.7. The highest BCUT2D eigenvalue weighted by Gasteiger charge is 2.28. The van der Waals surface area contributed by atoms with Crippen molar-refractivity contribution in [2.75, 3.05) is 30.7 Å². The molecule has 22 heavy (non-hydrogen) atoms. The van der Waals surface area contributed by atoms with Crippen molar-refractivity contribution in [1.29, 1.82) is 0 Å². The number of thioether (sulfide) groups is 1. The highest BCUT2D eigenvalue weighted by molar-refractivity contribution is 8.14. The van der Waals surface area contributed by atoms with E-state index in [0.29, 0.717) is 0 Å². The molecule has 0 saturated carbocycles. The molecule has 2 heterocycles. The third kappa shape index (κ3) is 3.60. The quantitative estimate of drug-likeness (QED) is 0.498. The van der Waals surface area contributed by atoms with E-state index in [0.717, 1.165) is 48.9 Å². The Hall–Kier alpha value is -1.58. The van der Waals surface area contributed by atoms with Crippen molar-refractivity contribution >= 4 is 28.6 Å². The molecule has 0 radical (unpaired) electrons. The van der Waals surface area contributed by atoms with Gasteiger partial charge in [-0.15, -0.1) is 0 Å². The Kier molecular flexibility index (Phi) is 4.96. The number of nitrogens with one attached hydrogen (secondary N) is 2. The lowest BCUT2D eigenvalue weighted by atomic mass is 10.1. The molecule has 0 aromatic heterocycles. The summed E-state index contributed by atoms with van der Waals surface area (Å²) in [6.07, 6.45) is 2.27.